The van der Waals surface area contributed by atoms with E-state index in [4.69, 9.17) is 4.74 Å². The zero-order valence-corrected chi connectivity index (χ0v) is 15.2. The third kappa shape index (κ3) is 4.44. The van der Waals surface area contributed by atoms with Crippen molar-refractivity contribution in [2.45, 2.75) is 38.4 Å². The van der Waals surface area contributed by atoms with Crippen LogP contribution in [-0.2, 0) is 11.2 Å². The van der Waals surface area contributed by atoms with Crippen molar-refractivity contribution in [2.24, 2.45) is 0 Å². The van der Waals surface area contributed by atoms with Crippen LogP contribution in [0.5, 0.6) is 5.75 Å². The van der Waals surface area contributed by atoms with E-state index in [1.807, 2.05) is 24.3 Å². The standard InChI is InChI=1S/C18H23N5O4/c1-10-11(17(25)21-18(26)19-10)7-8-16(24)20-15-9-13(22-23-15)12-5-3-4-6-14(12)27-2/h3-6,13,15,22-23H,7-9H2,1-2H3,(H,20,24)(H2,19,21,25,26). The topological polar surface area (TPSA) is 128 Å². The van der Waals surface area contributed by atoms with Crippen molar-refractivity contribution in [1.82, 2.24) is 26.1 Å². The summed E-state index contributed by atoms with van der Waals surface area (Å²) in [5, 5.41) is 2.90. The molecule has 1 amide bonds. The lowest BCUT2D eigenvalue weighted by atomic mass is 10.0. The van der Waals surface area contributed by atoms with Crippen LogP contribution in [0.3, 0.4) is 0 Å². The highest BCUT2D eigenvalue weighted by molar-refractivity contribution is 5.76. The summed E-state index contributed by atoms with van der Waals surface area (Å²) >= 11 is 0. The summed E-state index contributed by atoms with van der Waals surface area (Å²) < 4.78 is 5.38. The molecular weight excluding hydrogens is 350 g/mol. The zero-order valence-electron chi connectivity index (χ0n) is 15.2. The van der Waals surface area contributed by atoms with Crippen LogP contribution in [0, 0.1) is 6.92 Å². The highest BCUT2D eigenvalue weighted by atomic mass is 16.5. The van der Waals surface area contributed by atoms with E-state index < -0.39 is 11.2 Å². The Morgan fingerprint density at radius 2 is 2.00 bits per heavy atom. The normalized spacial score (nSPS) is 19.0. The van der Waals surface area contributed by atoms with Gasteiger partial charge in [-0.05, 0) is 19.4 Å². The number of hydrazine groups is 1. The predicted molar refractivity (Wildman–Crippen MR) is 99.3 cm³/mol. The van der Waals surface area contributed by atoms with E-state index in [1.54, 1.807) is 14.0 Å². The Morgan fingerprint density at radius 1 is 1.22 bits per heavy atom. The summed E-state index contributed by atoms with van der Waals surface area (Å²) in [7, 11) is 1.63. The van der Waals surface area contributed by atoms with E-state index in [1.165, 1.54) is 0 Å². The largest absolute Gasteiger partial charge is 0.496 e. The molecule has 3 rings (SSSR count). The number of carbonyl (C=O) groups excluding carboxylic acids is 1. The number of methoxy groups -OCH3 is 1. The first-order valence-corrected chi connectivity index (χ1v) is 8.73. The molecule has 2 aromatic rings. The smallest absolute Gasteiger partial charge is 0.325 e. The van der Waals surface area contributed by atoms with E-state index >= 15 is 0 Å². The molecule has 27 heavy (non-hydrogen) atoms. The van der Waals surface area contributed by atoms with Crippen LogP contribution in [-0.4, -0.2) is 29.2 Å². The molecule has 2 heterocycles. The molecule has 9 nitrogen and oxygen atoms in total. The van der Waals surface area contributed by atoms with Crippen LogP contribution in [0.25, 0.3) is 0 Å². The van der Waals surface area contributed by atoms with Gasteiger partial charge >= 0.3 is 5.69 Å². The zero-order chi connectivity index (χ0) is 19.4. The van der Waals surface area contributed by atoms with Gasteiger partial charge in [-0.15, -0.1) is 0 Å². The maximum absolute atomic E-state index is 12.2. The van der Waals surface area contributed by atoms with E-state index in [2.05, 4.69) is 26.1 Å². The van der Waals surface area contributed by atoms with Gasteiger partial charge in [0.15, 0.2) is 0 Å². The van der Waals surface area contributed by atoms with Crippen molar-refractivity contribution in [3.63, 3.8) is 0 Å². The van der Waals surface area contributed by atoms with Gasteiger partial charge in [-0.1, -0.05) is 18.2 Å². The number of aryl methyl sites for hydroxylation is 1. The summed E-state index contributed by atoms with van der Waals surface area (Å²) in [6.45, 7) is 1.64. The molecule has 0 spiro atoms. The first-order chi connectivity index (χ1) is 13.0. The fraction of sp³-hybridized carbons (Fsp3) is 0.389. The molecule has 1 aliphatic rings. The molecule has 1 saturated heterocycles. The van der Waals surface area contributed by atoms with Gasteiger partial charge in [0.05, 0.1) is 19.3 Å². The second-order valence-electron chi connectivity index (χ2n) is 6.45. The molecule has 0 saturated carbocycles. The molecule has 0 radical (unpaired) electrons. The number of ether oxygens (including phenoxy) is 1. The molecule has 1 aromatic carbocycles. The molecule has 144 valence electrons. The number of carbonyl (C=O) groups is 1. The molecule has 2 unspecified atom stereocenters. The van der Waals surface area contributed by atoms with Crippen LogP contribution in [0.4, 0.5) is 0 Å². The Labute approximate surface area is 155 Å². The fourth-order valence-corrected chi connectivity index (χ4v) is 3.24. The minimum atomic E-state index is -0.547. The Balaban J connectivity index is 1.55. The second-order valence-corrected chi connectivity index (χ2v) is 6.45. The number of H-pyrrole nitrogens is 2. The molecule has 9 heteroatoms. The van der Waals surface area contributed by atoms with Gasteiger partial charge < -0.3 is 15.0 Å². The Bertz CT molecular complexity index is 936. The third-order valence-electron chi connectivity index (χ3n) is 4.61. The summed E-state index contributed by atoms with van der Waals surface area (Å²) in [6, 6.07) is 7.73. The van der Waals surface area contributed by atoms with Crippen molar-refractivity contribution in [3.05, 3.63) is 61.9 Å². The van der Waals surface area contributed by atoms with Crippen LogP contribution < -0.4 is 32.2 Å². The minimum Gasteiger partial charge on any atom is -0.496 e. The number of hydrogen-bond donors (Lipinski definition) is 5. The van der Waals surface area contributed by atoms with Crippen molar-refractivity contribution < 1.29 is 9.53 Å². The lowest BCUT2D eigenvalue weighted by Gasteiger charge is -2.14. The highest BCUT2D eigenvalue weighted by Gasteiger charge is 2.27. The summed E-state index contributed by atoms with van der Waals surface area (Å²) in [6.07, 6.45) is 0.819. The second kappa shape index (κ2) is 8.19. The number of benzene rings is 1. The lowest BCUT2D eigenvalue weighted by molar-refractivity contribution is -0.121. The van der Waals surface area contributed by atoms with E-state index in [9.17, 15) is 14.4 Å². The van der Waals surface area contributed by atoms with Crippen LogP contribution in [0.1, 0.15) is 35.7 Å². The first-order valence-electron chi connectivity index (χ1n) is 8.73. The molecular formula is C18H23N5O4. The number of hydrogen-bond acceptors (Lipinski definition) is 6. The maximum Gasteiger partial charge on any atom is 0.325 e. The van der Waals surface area contributed by atoms with Crippen molar-refractivity contribution in [1.29, 1.82) is 0 Å². The van der Waals surface area contributed by atoms with Gasteiger partial charge in [0.25, 0.3) is 5.56 Å². The average molecular weight is 373 g/mol. The number of rotatable bonds is 6. The van der Waals surface area contributed by atoms with Crippen LogP contribution >= 0.6 is 0 Å². The average Bonchev–Trinajstić information content (AvgIpc) is 3.09. The van der Waals surface area contributed by atoms with Crippen LogP contribution in [0.2, 0.25) is 0 Å². The van der Waals surface area contributed by atoms with E-state index in [-0.39, 0.29) is 31.0 Å². The van der Waals surface area contributed by atoms with Crippen LogP contribution in [0.15, 0.2) is 33.9 Å². The number of aromatic amines is 2. The molecule has 2 atom stereocenters. The van der Waals surface area contributed by atoms with Gasteiger partial charge in [-0.25, -0.2) is 15.6 Å². The van der Waals surface area contributed by atoms with Crippen molar-refractivity contribution >= 4 is 5.91 Å². The number of nitrogens with one attached hydrogen (secondary N) is 5. The number of amides is 1. The molecule has 0 aliphatic carbocycles. The molecule has 1 aliphatic heterocycles. The first kappa shape index (κ1) is 18.9. The summed E-state index contributed by atoms with van der Waals surface area (Å²) in [4.78, 5) is 40.0. The Kier molecular flexibility index (Phi) is 5.72. The summed E-state index contributed by atoms with van der Waals surface area (Å²) in [5.74, 6) is 0.608. The molecule has 1 fully saturated rings. The Morgan fingerprint density at radius 3 is 2.74 bits per heavy atom. The molecule has 1 aromatic heterocycles. The monoisotopic (exact) mass is 373 g/mol. The van der Waals surface area contributed by atoms with Crippen molar-refractivity contribution in [2.75, 3.05) is 7.11 Å². The van der Waals surface area contributed by atoms with Gasteiger partial charge in [-0.3, -0.25) is 14.6 Å². The highest BCUT2D eigenvalue weighted by Crippen LogP contribution is 2.29. The van der Waals surface area contributed by atoms with Gasteiger partial charge in [-0.2, -0.15) is 0 Å². The maximum atomic E-state index is 12.2. The third-order valence-corrected chi connectivity index (χ3v) is 4.61. The van der Waals surface area contributed by atoms with Gasteiger partial charge in [0.1, 0.15) is 5.75 Å². The minimum absolute atomic E-state index is 0.00994. The van der Waals surface area contributed by atoms with Gasteiger partial charge in [0.2, 0.25) is 5.91 Å². The van der Waals surface area contributed by atoms with E-state index in [0.717, 1.165) is 11.3 Å². The summed E-state index contributed by atoms with van der Waals surface area (Å²) in [5.41, 5.74) is 7.13. The number of aromatic nitrogens is 2. The molecule has 0 bridgehead atoms. The SMILES string of the molecule is COc1ccccc1C1CC(NC(=O)CCc2c(C)[nH]c(=O)[nH]c2=O)NN1. The van der Waals surface area contributed by atoms with Crippen molar-refractivity contribution in [3.8, 4) is 5.75 Å². The lowest BCUT2D eigenvalue weighted by Crippen LogP contribution is -2.44. The predicted octanol–water partition coefficient (Wildman–Crippen LogP) is -0.00568. The fourth-order valence-electron chi connectivity index (χ4n) is 3.24. The quantitative estimate of drug-likeness (QED) is 0.485. The van der Waals surface area contributed by atoms with Gasteiger partial charge in [0, 0.05) is 29.7 Å². The number of para-hydroxylation sites is 1. The van der Waals surface area contributed by atoms with E-state index in [0.29, 0.717) is 17.7 Å². The molecule has 5 N–H and O–H groups in total. The Hall–Kier alpha value is -2.91.